The number of carbonyl (C=O) groups is 4. The second-order valence-electron chi connectivity index (χ2n) is 10.6. The van der Waals surface area contributed by atoms with Gasteiger partial charge in [-0.25, -0.2) is 37.5 Å². The highest BCUT2D eigenvalue weighted by Crippen LogP contribution is 2.38. The van der Waals surface area contributed by atoms with Gasteiger partial charge < -0.3 is 14.4 Å². The minimum Gasteiger partial charge on any atom is -0.443 e. The number of nitrogens with zero attached hydrogens (tertiary/aromatic N) is 2. The van der Waals surface area contributed by atoms with Crippen LogP contribution in [-0.4, -0.2) is 48.6 Å². The van der Waals surface area contributed by atoms with Gasteiger partial charge >= 0.3 is 34.6 Å². The maximum absolute atomic E-state index is 14.1. The van der Waals surface area contributed by atoms with Gasteiger partial charge in [-0.15, -0.1) is 0 Å². The number of urea groups is 1. The summed E-state index contributed by atoms with van der Waals surface area (Å²) in [6, 6.07) is 3.01. The van der Waals surface area contributed by atoms with Crippen molar-refractivity contribution in [1.82, 2.24) is 14.3 Å². The minimum absolute atomic E-state index is 0.139. The fourth-order valence-electron chi connectivity index (χ4n) is 3.79. The van der Waals surface area contributed by atoms with Gasteiger partial charge in [0.05, 0.1) is 17.8 Å². The first kappa shape index (κ1) is 33.0. The lowest BCUT2D eigenvalue weighted by molar-refractivity contribution is -0.140. The van der Waals surface area contributed by atoms with E-state index in [4.69, 9.17) is 9.47 Å². The van der Waals surface area contributed by atoms with E-state index in [2.05, 4.69) is 0 Å². The number of ether oxygens (including phenoxy) is 2. The summed E-state index contributed by atoms with van der Waals surface area (Å²) in [6.45, 7) is 6.27. The van der Waals surface area contributed by atoms with E-state index >= 15 is 0 Å². The molecule has 0 saturated carbocycles. The first-order chi connectivity index (χ1) is 19.5. The summed E-state index contributed by atoms with van der Waals surface area (Å²) in [5.74, 6) is -4.18. The Labute approximate surface area is 241 Å². The van der Waals surface area contributed by atoms with Gasteiger partial charge in [-0.1, -0.05) is 6.07 Å². The third-order valence-corrected chi connectivity index (χ3v) is 6.60. The Morgan fingerprint density at radius 2 is 1.56 bits per heavy atom. The monoisotopic (exact) mass is 636 g/mol. The molecule has 1 saturated heterocycles. The van der Waals surface area contributed by atoms with Gasteiger partial charge in [0.15, 0.2) is 0 Å². The van der Waals surface area contributed by atoms with Crippen molar-refractivity contribution in [3.8, 4) is 5.75 Å². The van der Waals surface area contributed by atoms with Crippen LogP contribution in [0.1, 0.15) is 45.7 Å². The molecule has 3 rings (SSSR count). The summed E-state index contributed by atoms with van der Waals surface area (Å²) in [4.78, 5) is 51.8. The molecule has 1 fully saturated rings. The lowest BCUT2D eigenvalue weighted by atomic mass is 10.0. The molecule has 0 aliphatic carbocycles. The Balaban J connectivity index is 1.86. The van der Waals surface area contributed by atoms with Gasteiger partial charge in [0.2, 0.25) is 0 Å². The van der Waals surface area contributed by atoms with Crippen molar-refractivity contribution < 1.29 is 59.0 Å². The Kier molecular flexibility index (Phi) is 8.69. The van der Waals surface area contributed by atoms with Gasteiger partial charge in [0.25, 0.3) is 5.91 Å². The molecule has 0 unspecified atom stereocenters. The Bertz CT molecular complexity index is 1590. The van der Waals surface area contributed by atoms with Gasteiger partial charge in [-0.2, -0.15) is 21.6 Å². The molecule has 5 amide bonds. The smallest absolute Gasteiger partial charge is 0.427 e. The molecule has 12 nitrogen and oxygen atoms in total. The molecule has 0 radical (unpaired) electrons. The second-order valence-corrected chi connectivity index (χ2v) is 12.0. The van der Waals surface area contributed by atoms with Crippen molar-refractivity contribution >= 4 is 40.0 Å². The summed E-state index contributed by atoms with van der Waals surface area (Å²) in [5, 5.41) is 0. The lowest BCUT2D eigenvalue weighted by Gasteiger charge is -2.28. The summed E-state index contributed by atoms with van der Waals surface area (Å²) in [7, 11) is -4.87. The fourth-order valence-corrected chi connectivity index (χ4v) is 4.36. The van der Waals surface area contributed by atoms with E-state index in [0.717, 1.165) is 23.1 Å². The molecule has 2 aromatic rings. The van der Waals surface area contributed by atoms with Crippen LogP contribution in [0.5, 0.6) is 5.75 Å². The van der Waals surface area contributed by atoms with Crippen LogP contribution in [0.25, 0.3) is 0 Å². The normalized spacial score (nSPS) is 15.4. The molecule has 1 aliphatic heterocycles. The van der Waals surface area contributed by atoms with Gasteiger partial charge in [-0.3, -0.25) is 4.79 Å². The van der Waals surface area contributed by atoms with Crippen LogP contribution in [0.4, 0.5) is 42.0 Å². The first-order valence-corrected chi connectivity index (χ1v) is 13.6. The largest absolute Gasteiger partial charge is 0.443 e. The van der Waals surface area contributed by atoms with E-state index in [0.29, 0.717) is 23.1 Å². The summed E-state index contributed by atoms with van der Waals surface area (Å²) in [5.41, 5.74) is -5.22. The molecule has 1 aliphatic rings. The number of hydrogen-bond acceptors (Lipinski definition) is 8. The zero-order valence-corrected chi connectivity index (χ0v) is 23.9. The Morgan fingerprint density at radius 1 is 0.953 bits per heavy atom. The Morgan fingerprint density at radius 3 is 2.14 bits per heavy atom. The number of rotatable bonds is 6. The predicted octanol–water partition coefficient (Wildman–Crippen LogP) is 4.59. The van der Waals surface area contributed by atoms with Crippen LogP contribution in [-0.2, 0) is 32.5 Å². The molecule has 0 aromatic heterocycles. The number of anilines is 1. The average Bonchev–Trinajstić information content (AvgIpc) is 2.97. The van der Waals surface area contributed by atoms with Crippen LogP contribution in [0.3, 0.4) is 0 Å². The average molecular weight is 637 g/mol. The van der Waals surface area contributed by atoms with E-state index in [-0.39, 0.29) is 5.56 Å². The van der Waals surface area contributed by atoms with Gasteiger partial charge in [0, 0.05) is 11.6 Å². The van der Waals surface area contributed by atoms with Crippen molar-refractivity contribution in [2.45, 2.75) is 58.5 Å². The molecule has 2 aromatic carbocycles. The third kappa shape index (κ3) is 7.68. The molecule has 0 bridgehead atoms. The van der Waals surface area contributed by atoms with E-state index in [1.165, 1.54) is 44.1 Å². The number of imide groups is 1. The molecule has 0 atom stereocenters. The van der Waals surface area contributed by atoms with Crippen molar-refractivity contribution in [3.05, 3.63) is 59.2 Å². The zero-order chi connectivity index (χ0) is 32.7. The highest BCUT2D eigenvalue weighted by molar-refractivity contribution is 7.88. The summed E-state index contributed by atoms with van der Waals surface area (Å²) >= 11 is 0. The second kappa shape index (κ2) is 11.3. The van der Waals surface area contributed by atoms with Crippen molar-refractivity contribution in [1.29, 1.82) is 0 Å². The lowest BCUT2D eigenvalue weighted by Crippen LogP contribution is -2.46. The Hall–Kier alpha value is -4.48. The maximum atomic E-state index is 14.1. The maximum Gasteiger partial charge on any atom is 0.427 e. The molecule has 43 heavy (non-hydrogen) atoms. The van der Waals surface area contributed by atoms with Gasteiger partial charge in [0.1, 0.15) is 28.5 Å². The first-order valence-electron chi connectivity index (χ1n) is 12.1. The quantitative estimate of drug-likeness (QED) is 0.345. The van der Waals surface area contributed by atoms with Crippen LogP contribution >= 0.6 is 0 Å². The van der Waals surface area contributed by atoms with E-state index in [1.54, 1.807) is 0 Å². The number of alkyl halides is 3. The van der Waals surface area contributed by atoms with Crippen molar-refractivity contribution in [3.63, 3.8) is 0 Å². The molecule has 2 N–H and O–H groups in total. The molecule has 18 heteroatoms. The van der Waals surface area contributed by atoms with E-state index in [1.807, 2.05) is 0 Å². The van der Waals surface area contributed by atoms with Gasteiger partial charge in [-0.05, 0) is 58.9 Å². The van der Waals surface area contributed by atoms with E-state index in [9.17, 15) is 49.5 Å². The fraction of sp³-hybridized carbons (Fsp3) is 0.360. The van der Waals surface area contributed by atoms with Crippen LogP contribution in [0.15, 0.2) is 36.4 Å². The SMILES string of the molecule is CC(C)(C)OC(=O)NS(=O)(=O)NC(=O)Oc1cc(F)ccc1CN1C(=O)N(c2ccc(F)c(C(F)(F)F)c2)C(=O)C1(C)C. The number of amides is 5. The number of benzene rings is 2. The molecule has 234 valence electrons. The minimum atomic E-state index is -5.13. The van der Waals surface area contributed by atoms with Crippen molar-refractivity contribution in [2.75, 3.05) is 4.90 Å². The molecule has 0 spiro atoms. The number of hydrogen-bond donors (Lipinski definition) is 2. The molecule has 1 heterocycles. The number of carbonyl (C=O) groups excluding carboxylic acids is 4. The van der Waals surface area contributed by atoms with Crippen LogP contribution in [0, 0.1) is 11.6 Å². The third-order valence-electron chi connectivity index (χ3n) is 5.73. The van der Waals surface area contributed by atoms with Crippen molar-refractivity contribution in [2.24, 2.45) is 0 Å². The molecular formula is C25H25F5N4O8S. The van der Waals surface area contributed by atoms with Crippen LogP contribution < -0.4 is 19.1 Å². The number of halogens is 5. The summed E-state index contributed by atoms with van der Waals surface area (Å²) < 4.78 is 104. The highest BCUT2D eigenvalue weighted by atomic mass is 32.2. The van der Waals surface area contributed by atoms with Crippen LogP contribution in [0.2, 0.25) is 0 Å². The topological polar surface area (TPSA) is 151 Å². The number of nitrogens with one attached hydrogen (secondary N) is 2. The highest BCUT2D eigenvalue weighted by Gasteiger charge is 2.52. The summed E-state index contributed by atoms with van der Waals surface area (Å²) in [6.07, 6.45) is -8.26. The standard InChI is InChI=1S/C25H25F5N4O8S/c1-23(2,3)42-21(37)32-43(39,40)31-20(36)41-18-10-14(26)7-6-13(18)12-33-22(38)34(19(35)24(33,4)5)15-8-9-17(27)16(11-15)25(28,29)30/h6-11H,12H2,1-5H3,(H,31,36)(H,32,37). The molecular weight excluding hydrogens is 611 g/mol. The predicted molar refractivity (Wildman–Crippen MR) is 138 cm³/mol. The van der Waals surface area contributed by atoms with E-state index < -0.39 is 86.8 Å². The zero-order valence-electron chi connectivity index (χ0n) is 23.1.